The lowest BCUT2D eigenvalue weighted by atomic mass is 10.2. The molecule has 0 amide bonds. The fourth-order valence-electron chi connectivity index (χ4n) is 1.06. The van der Waals surface area contributed by atoms with Crippen molar-refractivity contribution in [3.8, 4) is 11.5 Å². The third-order valence-corrected chi connectivity index (χ3v) is 2.17. The van der Waals surface area contributed by atoms with E-state index in [1.807, 2.05) is 0 Å². The van der Waals surface area contributed by atoms with Crippen LogP contribution >= 0.6 is 15.9 Å². The Labute approximate surface area is 89.0 Å². The van der Waals surface area contributed by atoms with Gasteiger partial charge in [-0.2, -0.15) is 8.78 Å². The van der Waals surface area contributed by atoms with E-state index in [0.717, 1.165) is 0 Å². The summed E-state index contributed by atoms with van der Waals surface area (Å²) in [5, 5.41) is 0. The van der Waals surface area contributed by atoms with E-state index < -0.39 is 6.61 Å². The van der Waals surface area contributed by atoms with Crippen LogP contribution in [0.25, 0.3) is 0 Å². The monoisotopic (exact) mass is 266 g/mol. The summed E-state index contributed by atoms with van der Waals surface area (Å²) in [5.41, 5.74) is 0.552. The van der Waals surface area contributed by atoms with Crippen LogP contribution in [0.3, 0.4) is 0 Å². The van der Waals surface area contributed by atoms with Crippen LogP contribution in [0.4, 0.5) is 8.78 Å². The second-order valence-corrected chi connectivity index (χ2v) is 3.53. The first-order valence-corrected chi connectivity index (χ1v) is 4.63. The molecule has 14 heavy (non-hydrogen) atoms. The van der Waals surface area contributed by atoms with E-state index in [4.69, 9.17) is 4.74 Å². The highest BCUT2D eigenvalue weighted by atomic mass is 79.9. The van der Waals surface area contributed by atoms with Gasteiger partial charge in [0.2, 0.25) is 0 Å². The maximum atomic E-state index is 12.0. The first-order valence-electron chi connectivity index (χ1n) is 3.83. The Balaban J connectivity index is 3.08. The summed E-state index contributed by atoms with van der Waals surface area (Å²) >= 11 is 3.17. The topological polar surface area (TPSA) is 18.5 Å². The number of halogens is 3. The Kier molecular flexibility index (Phi) is 3.69. The van der Waals surface area contributed by atoms with Crippen LogP contribution in [-0.4, -0.2) is 13.7 Å². The average molecular weight is 267 g/mol. The van der Waals surface area contributed by atoms with Gasteiger partial charge in [-0.3, -0.25) is 0 Å². The molecule has 0 saturated carbocycles. The Morgan fingerprint density at radius 2 is 1.86 bits per heavy atom. The van der Waals surface area contributed by atoms with Gasteiger partial charge in [-0.15, -0.1) is 0 Å². The molecule has 1 aromatic rings. The third kappa shape index (κ3) is 2.57. The van der Waals surface area contributed by atoms with Gasteiger partial charge >= 0.3 is 6.61 Å². The maximum Gasteiger partial charge on any atom is 0.387 e. The summed E-state index contributed by atoms with van der Waals surface area (Å²) in [6.07, 6.45) is 0. The average Bonchev–Trinajstić information content (AvgIpc) is 2.09. The summed E-state index contributed by atoms with van der Waals surface area (Å²) in [6.45, 7) is -1.17. The largest absolute Gasteiger partial charge is 0.496 e. The molecule has 0 saturated heterocycles. The van der Waals surface area contributed by atoms with Gasteiger partial charge in [-0.1, -0.05) is 15.9 Å². The van der Waals surface area contributed by atoms with E-state index in [1.54, 1.807) is 13.0 Å². The van der Waals surface area contributed by atoms with Crippen LogP contribution in [0.1, 0.15) is 5.56 Å². The number of benzene rings is 1. The SMILES string of the molecule is COc1cc(Br)cc(OC(F)F)c1C. The van der Waals surface area contributed by atoms with Gasteiger partial charge in [0.1, 0.15) is 11.5 Å². The van der Waals surface area contributed by atoms with Crippen molar-refractivity contribution in [3.05, 3.63) is 22.2 Å². The molecule has 0 aliphatic rings. The summed E-state index contributed by atoms with van der Waals surface area (Å²) < 4.78 is 33.9. The van der Waals surface area contributed by atoms with Crippen molar-refractivity contribution in [2.45, 2.75) is 13.5 Å². The van der Waals surface area contributed by atoms with E-state index >= 15 is 0 Å². The van der Waals surface area contributed by atoms with Gasteiger partial charge in [0, 0.05) is 10.0 Å². The number of hydrogen-bond donors (Lipinski definition) is 0. The molecule has 2 nitrogen and oxygen atoms in total. The molecule has 78 valence electrons. The number of rotatable bonds is 3. The Hall–Kier alpha value is -0.840. The van der Waals surface area contributed by atoms with Crippen LogP contribution in [0.2, 0.25) is 0 Å². The number of methoxy groups -OCH3 is 1. The second-order valence-electron chi connectivity index (χ2n) is 2.61. The number of hydrogen-bond acceptors (Lipinski definition) is 2. The fourth-order valence-corrected chi connectivity index (χ4v) is 1.48. The molecule has 0 aromatic heterocycles. The van der Waals surface area contributed by atoms with Crippen molar-refractivity contribution in [1.82, 2.24) is 0 Å². The van der Waals surface area contributed by atoms with Crippen molar-refractivity contribution in [2.24, 2.45) is 0 Å². The van der Waals surface area contributed by atoms with Gasteiger partial charge in [0.15, 0.2) is 0 Å². The minimum atomic E-state index is -2.83. The third-order valence-electron chi connectivity index (χ3n) is 1.71. The van der Waals surface area contributed by atoms with E-state index in [2.05, 4.69) is 20.7 Å². The molecular formula is C9H9BrF2O2. The van der Waals surface area contributed by atoms with Crippen molar-refractivity contribution in [2.75, 3.05) is 7.11 Å². The first-order chi connectivity index (χ1) is 6.54. The van der Waals surface area contributed by atoms with Crippen molar-refractivity contribution >= 4 is 15.9 Å². The lowest BCUT2D eigenvalue weighted by molar-refractivity contribution is -0.0504. The standard InChI is InChI=1S/C9H9BrF2O2/c1-5-7(13-2)3-6(10)4-8(5)14-9(11)12/h3-4,9H,1-2H3. The van der Waals surface area contributed by atoms with Crippen LogP contribution in [0.5, 0.6) is 11.5 Å². The number of ether oxygens (including phenoxy) is 2. The summed E-state index contributed by atoms with van der Waals surface area (Å²) in [5.74, 6) is 0.626. The van der Waals surface area contributed by atoms with Crippen LogP contribution in [-0.2, 0) is 0 Å². The quantitative estimate of drug-likeness (QED) is 0.835. The molecule has 1 aromatic carbocycles. The molecular weight excluding hydrogens is 258 g/mol. The van der Waals surface area contributed by atoms with E-state index in [9.17, 15) is 8.78 Å². The molecule has 1 rings (SSSR count). The summed E-state index contributed by atoms with van der Waals surface area (Å²) in [6, 6.07) is 3.16. The molecule has 0 heterocycles. The lowest BCUT2D eigenvalue weighted by Crippen LogP contribution is -2.04. The molecule has 0 spiro atoms. The van der Waals surface area contributed by atoms with Gasteiger partial charge < -0.3 is 9.47 Å². The molecule has 5 heteroatoms. The molecule has 0 aliphatic carbocycles. The molecule has 0 radical (unpaired) electrons. The Morgan fingerprint density at radius 3 is 2.36 bits per heavy atom. The molecule has 0 unspecified atom stereocenters. The van der Waals surface area contributed by atoms with Crippen LogP contribution in [0.15, 0.2) is 16.6 Å². The van der Waals surface area contributed by atoms with E-state index in [1.165, 1.54) is 13.2 Å². The molecule has 0 atom stereocenters. The highest BCUT2D eigenvalue weighted by molar-refractivity contribution is 9.10. The van der Waals surface area contributed by atoms with Gasteiger partial charge in [-0.25, -0.2) is 0 Å². The first kappa shape index (κ1) is 11.2. The zero-order valence-corrected chi connectivity index (χ0v) is 9.27. The minimum Gasteiger partial charge on any atom is -0.496 e. The summed E-state index contributed by atoms with van der Waals surface area (Å²) in [7, 11) is 1.47. The Morgan fingerprint density at radius 1 is 1.29 bits per heavy atom. The van der Waals surface area contributed by atoms with Crippen LogP contribution in [0, 0.1) is 6.92 Å². The fraction of sp³-hybridized carbons (Fsp3) is 0.333. The highest BCUT2D eigenvalue weighted by Gasteiger charge is 2.11. The van der Waals surface area contributed by atoms with Crippen molar-refractivity contribution in [3.63, 3.8) is 0 Å². The molecule has 0 fully saturated rings. The van der Waals surface area contributed by atoms with Gasteiger partial charge in [0.25, 0.3) is 0 Å². The predicted octanol–water partition coefficient (Wildman–Crippen LogP) is 3.37. The number of alkyl halides is 2. The minimum absolute atomic E-state index is 0.117. The predicted molar refractivity (Wildman–Crippen MR) is 52.1 cm³/mol. The maximum absolute atomic E-state index is 12.0. The van der Waals surface area contributed by atoms with E-state index in [-0.39, 0.29) is 5.75 Å². The normalized spacial score (nSPS) is 10.4. The van der Waals surface area contributed by atoms with Crippen molar-refractivity contribution in [1.29, 1.82) is 0 Å². The molecule has 0 aliphatic heterocycles. The molecule has 0 bridgehead atoms. The zero-order valence-electron chi connectivity index (χ0n) is 7.68. The molecule has 0 N–H and O–H groups in total. The van der Waals surface area contributed by atoms with Gasteiger partial charge in [-0.05, 0) is 19.1 Å². The smallest absolute Gasteiger partial charge is 0.387 e. The lowest BCUT2D eigenvalue weighted by Gasteiger charge is -2.11. The Bertz CT molecular complexity index is 329. The van der Waals surface area contributed by atoms with Crippen molar-refractivity contribution < 1.29 is 18.3 Å². The van der Waals surface area contributed by atoms with E-state index in [0.29, 0.717) is 15.8 Å². The van der Waals surface area contributed by atoms with Crippen LogP contribution < -0.4 is 9.47 Å². The zero-order chi connectivity index (χ0) is 10.7. The second kappa shape index (κ2) is 4.59. The van der Waals surface area contributed by atoms with Gasteiger partial charge in [0.05, 0.1) is 7.11 Å². The summed E-state index contributed by atoms with van der Waals surface area (Å²) in [4.78, 5) is 0. The highest BCUT2D eigenvalue weighted by Crippen LogP contribution is 2.32.